The molecule has 2 aliphatic heterocycles. The van der Waals surface area contributed by atoms with Crippen LogP contribution in [0, 0.1) is 5.92 Å². The Balaban J connectivity index is 1.65. The Labute approximate surface area is 132 Å². The summed E-state index contributed by atoms with van der Waals surface area (Å²) >= 11 is 0. The van der Waals surface area contributed by atoms with Crippen LogP contribution in [0.5, 0.6) is 0 Å². The van der Waals surface area contributed by atoms with E-state index in [4.69, 9.17) is 4.52 Å². The van der Waals surface area contributed by atoms with E-state index in [0.29, 0.717) is 29.5 Å². The summed E-state index contributed by atoms with van der Waals surface area (Å²) in [4.78, 5) is 11.3. The lowest BCUT2D eigenvalue weighted by Crippen LogP contribution is -2.38. The fraction of sp³-hybridized carbons (Fsp3) is 0.467. The van der Waals surface area contributed by atoms with Gasteiger partial charge in [-0.2, -0.15) is 4.31 Å². The smallest absolute Gasteiger partial charge is 0.308 e. The lowest BCUT2D eigenvalue weighted by molar-refractivity contribution is -0.142. The molecular weight excluding hydrogens is 320 g/mol. The molecule has 1 aromatic carbocycles. The van der Waals surface area contributed by atoms with E-state index in [0.717, 1.165) is 6.42 Å². The largest absolute Gasteiger partial charge is 0.481 e. The number of carboxylic acids is 1. The maximum absolute atomic E-state index is 12.8. The second-order valence-electron chi connectivity index (χ2n) is 6.19. The molecule has 122 valence electrons. The molecule has 2 aromatic rings. The topological polar surface area (TPSA) is 101 Å². The Morgan fingerprint density at radius 2 is 2.13 bits per heavy atom. The molecule has 2 bridgehead atoms. The highest BCUT2D eigenvalue weighted by molar-refractivity contribution is 7.88. The van der Waals surface area contributed by atoms with E-state index >= 15 is 0 Å². The van der Waals surface area contributed by atoms with Gasteiger partial charge in [0.15, 0.2) is 5.58 Å². The summed E-state index contributed by atoms with van der Waals surface area (Å²) in [5.74, 6) is -1.77. The van der Waals surface area contributed by atoms with Gasteiger partial charge in [0.25, 0.3) is 0 Å². The third-order valence-corrected chi connectivity index (χ3v) is 6.73. The van der Waals surface area contributed by atoms with Crippen molar-refractivity contribution in [2.75, 3.05) is 0 Å². The molecule has 0 amide bonds. The van der Waals surface area contributed by atoms with Gasteiger partial charge in [0, 0.05) is 17.5 Å². The van der Waals surface area contributed by atoms with Crippen LogP contribution in [0.25, 0.3) is 11.0 Å². The summed E-state index contributed by atoms with van der Waals surface area (Å²) in [5.41, 5.74) is 0.921. The van der Waals surface area contributed by atoms with Crippen molar-refractivity contribution in [1.29, 1.82) is 0 Å². The Hall–Kier alpha value is -1.93. The van der Waals surface area contributed by atoms with Crippen LogP contribution < -0.4 is 0 Å². The number of aliphatic carboxylic acids is 1. The minimum atomic E-state index is -3.63. The number of fused-ring (bicyclic) bond motifs is 3. The number of carbonyl (C=O) groups is 1. The second-order valence-corrected chi connectivity index (χ2v) is 8.06. The van der Waals surface area contributed by atoms with Gasteiger partial charge in [-0.15, -0.1) is 0 Å². The fourth-order valence-corrected chi connectivity index (χ4v) is 5.94. The predicted molar refractivity (Wildman–Crippen MR) is 81.0 cm³/mol. The molecule has 4 rings (SSSR count). The average molecular weight is 336 g/mol. The van der Waals surface area contributed by atoms with Crippen LogP contribution >= 0.6 is 0 Å². The van der Waals surface area contributed by atoms with Crippen molar-refractivity contribution in [3.63, 3.8) is 0 Å². The first-order chi connectivity index (χ1) is 11.0. The predicted octanol–water partition coefficient (Wildman–Crippen LogP) is 1.60. The molecule has 3 unspecified atom stereocenters. The Morgan fingerprint density at radius 3 is 2.87 bits per heavy atom. The van der Waals surface area contributed by atoms with Crippen molar-refractivity contribution in [3.05, 3.63) is 30.0 Å². The minimum Gasteiger partial charge on any atom is -0.481 e. The number of sulfonamides is 1. The Kier molecular flexibility index (Phi) is 3.21. The lowest BCUT2D eigenvalue weighted by atomic mass is 9.89. The zero-order valence-corrected chi connectivity index (χ0v) is 13.1. The Bertz CT molecular complexity index is 875. The number of aromatic nitrogens is 1. The fourth-order valence-electron chi connectivity index (χ4n) is 3.93. The van der Waals surface area contributed by atoms with E-state index < -0.39 is 28.0 Å². The van der Waals surface area contributed by atoms with E-state index in [1.54, 1.807) is 24.3 Å². The normalized spacial score (nSPS) is 27.7. The molecule has 0 aliphatic carbocycles. The number of para-hydroxylation sites is 1. The molecule has 0 saturated carbocycles. The molecule has 3 heterocycles. The molecular formula is C15H16N2O5S. The van der Waals surface area contributed by atoms with Crippen LogP contribution in [0.1, 0.15) is 25.0 Å². The van der Waals surface area contributed by atoms with E-state index in [2.05, 4.69) is 5.16 Å². The molecule has 0 spiro atoms. The van der Waals surface area contributed by atoms with Gasteiger partial charge in [-0.1, -0.05) is 17.3 Å². The summed E-state index contributed by atoms with van der Waals surface area (Å²) in [5, 5.41) is 13.8. The van der Waals surface area contributed by atoms with Crippen molar-refractivity contribution >= 4 is 27.0 Å². The van der Waals surface area contributed by atoms with E-state index in [1.807, 2.05) is 0 Å². The summed E-state index contributed by atoms with van der Waals surface area (Å²) in [6, 6.07) is 6.47. The molecule has 2 saturated heterocycles. The molecule has 0 radical (unpaired) electrons. The Morgan fingerprint density at radius 1 is 1.35 bits per heavy atom. The number of hydrogen-bond donors (Lipinski definition) is 1. The highest BCUT2D eigenvalue weighted by Gasteiger charge is 2.54. The van der Waals surface area contributed by atoms with Gasteiger partial charge in [0.05, 0.1) is 5.92 Å². The number of hydrogen-bond acceptors (Lipinski definition) is 5. The summed E-state index contributed by atoms with van der Waals surface area (Å²) in [6.45, 7) is 0. The maximum atomic E-state index is 12.8. The highest BCUT2D eigenvalue weighted by atomic mass is 32.2. The number of rotatable bonds is 4. The van der Waals surface area contributed by atoms with Gasteiger partial charge in [-0.05, 0) is 31.4 Å². The summed E-state index contributed by atoms with van der Waals surface area (Å²) in [7, 11) is -3.63. The van der Waals surface area contributed by atoms with E-state index in [9.17, 15) is 18.3 Å². The molecule has 3 atom stereocenters. The molecule has 8 heteroatoms. The first-order valence-electron chi connectivity index (χ1n) is 7.54. The number of carboxylic acid groups (broad SMARTS) is 1. The van der Waals surface area contributed by atoms with Gasteiger partial charge in [0.1, 0.15) is 11.4 Å². The third-order valence-electron chi connectivity index (χ3n) is 4.88. The quantitative estimate of drug-likeness (QED) is 0.910. The SMILES string of the molecule is O=C(O)C1CC2CCC1N2S(=O)(=O)Cc1noc2ccccc12. The van der Waals surface area contributed by atoms with Crippen molar-refractivity contribution < 1.29 is 22.8 Å². The van der Waals surface area contributed by atoms with E-state index in [1.165, 1.54) is 4.31 Å². The molecule has 7 nitrogen and oxygen atoms in total. The summed E-state index contributed by atoms with van der Waals surface area (Å²) in [6.07, 6.45) is 1.74. The van der Waals surface area contributed by atoms with Crippen LogP contribution in [0.15, 0.2) is 28.8 Å². The standard InChI is InChI=1S/C15H16N2O5S/c18-15(19)11-7-9-5-6-13(11)17(9)23(20,21)8-12-10-3-1-2-4-14(10)22-16-12/h1-4,9,11,13H,5-8H2,(H,18,19). The average Bonchev–Trinajstić information content (AvgIpc) is 3.20. The van der Waals surface area contributed by atoms with Crippen molar-refractivity contribution in [2.24, 2.45) is 5.92 Å². The van der Waals surface area contributed by atoms with Gasteiger partial charge < -0.3 is 9.63 Å². The van der Waals surface area contributed by atoms with Crippen molar-refractivity contribution in [2.45, 2.75) is 37.1 Å². The number of nitrogens with zero attached hydrogens (tertiary/aromatic N) is 2. The van der Waals surface area contributed by atoms with Crippen molar-refractivity contribution in [3.8, 4) is 0 Å². The highest BCUT2D eigenvalue weighted by Crippen LogP contribution is 2.44. The van der Waals surface area contributed by atoms with E-state index in [-0.39, 0.29) is 11.8 Å². The van der Waals surface area contributed by atoms with Crippen LogP contribution in [0.3, 0.4) is 0 Å². The van der Waals surface area contributed by atoms with Gasteiger partial charge in [-0.3, -0.25) is 4.79 Å². The molecule has 23 heavy (non-hydrogen) atoms. The second kappa shape index (κ2) is 5.04. The van der Waals surface area contributed by atoms with Gasteiger partial charge in [-0.25, -0.2) is 8.42 Å². The monoisotopic (exact) mass is 336 g/mol. The lowest BCUT2D eigenvalue weighted by Gasteiger charge is -2.21. The molecule has 2 fully saturated rings. The van der Waals surface area contributed by atoms with Crippen LogP contribution in [-0.2, 0) is 20.6 Å². The van der Waals surface area contributed by atoms with Crippen LogP contribution in [0.2, 0.25) is 0 Å². The molecule has 1 aromatic heterocycles. The first kappa shape index (κ1) is 14.6. The van der Waals surface area contributed by atoms with Crippen LogP contribution in [0.4, 0.5) is 0 Å². The van der Waals surface area contributed by atoms with Gasteiger partial charge >= 0.3 is 5.97 Å². The zero-order valence-electron chi connectivity index (χ0n) is 12.3. The number of benzene rings is 1. The minimum absolute atomic E-state index is 0.204. The zero-order chi connectivity index (χ0) is 16.2. The molecule has 2 aliphatic rings. The molecule has 1 N–H and O–H groups in total. The first-order valence-corrected chi connectivity index (χ1v) is 9.15. The van der Waals surface area contributed by atoms with Gasteiger partial charge in [0.2, 0.25) is 10.0 Å². The summed E-state index contributed by atoms with van der Waals surface area (Å²) < 4.78 is 32.2. The maximum Gasteiger partial charge on any atom is 0.308 e. The third kappa shape index (κ3) is 2.24. The van der Waals surface area contributed by atoms with Crippen LogP contribution in [-0.4, -0.2) is 41.0 Å². The van der Waals surface area contributed by atoms with Crippen molar-refractivity contribution in [1.82, 2.24) is 9.46 Å².